The highest BCUT2D eigenvalue weighted by Gasteiger charge is 2.26. The summed E-state index contributed by atoms with van der Waals surface area (Å²) in [7, 11) is 1.55. The zero-order valence-corrected chi connectivity index (χ0v) is 16.7. The van der Waals surface area contributed by atoms with Gasteiger partial charge >= 0.3 is 5.97 Å². The minimum absolute atomic E-state index is 0.130. The highest BCUT2D eigenvalue weighted by Crippen LogP contribution is 2.29. The van der Waals surface area contributed by atoms with Crippen molar-refractivity contribution in [3.05, 3.63) is 54.1 Å². The number of rotatable bonds is 7. The van der Waals surface area contributed by atoms with Crippen molar-refractivity contribution in [3.8, 4) is 11.5 Å². The Balaban J connectivity index is 1.60. The predicted molar refractivity (Wildman–Crippen MR) is 112 cm³/mol. The first-order chi connectivity index (χ1) is 14.5. The molecule has 0 saturated heterocycles. The Labute approximate surface area is 174 Å². The van der Waals surface area contributed by atoms with E-state index in [1.54, 1.807) is 55.7 Å². The lowest BCUT2D eigenvalue weighted by Crippen LogP contribution is -2.43. The van der Waals surface area contributed by atoms with Crippen molar-refractivity contribution in [3.63, 3.8) is 0 Å². The van der Waals surface area contributed by atoms with E-state index in [9.17, 15) is 14.4 Å². The number of esters is 1. The van der Waals surface area contributed by atoms with Crippen molar-refractivity contribution in [1.82, 2.24) is 0 Å². The lowest BCUT2D eigenvalue weighted by atomic mass is 10.2. The van der Waals surface area contributed by atoms with Crippen LogP contribution in [0.5, 0.6) is 11.5 Å². The zero-order chi connectivity index (χ0) is 21.5. The van der Waals surface area contributed by atoms with E-state index in [2.05, 4.69) is 5.32 Å². The quantitative estimate of drug-likeness (QED) is 0.557. The molecule has 3 rings (SSSR count). The van der Waals surface area contributed by atoms with E-state index >= 15 is 0 Å². The van der Waals surface area contributed by atoms with E-state index in [-0.39, 0.29) is 12.5 Å². The van der Waals surface area contributed by atoms with Crippen molar-refractivity contribution in [2.45, 2.75) is 6.92 Å². The molecule has 1 N–H and O–H groups in total. The average Bonchev–Trinajstić information content (AvgIpc) is 2.75. The topological polar surface area (TPSA) is 94.2 Å². The van der Waals surface area contributed by atoms with Crippen molar-refractivity contribution in [2.75, 3.05) is 37.1 Å². The van der Waals surface area contributed by atoms with E-state index in [4.69, 9.17) is 14.2 Å². The normalized spacial score (nSPS) is 12.9. The number of hydrogen-bond acceptors (Lipinski definition) is 6. The molecular formula is C22H22N2O6. The zero-order valence-electron chi connectivity index (χ0n) is 16.7. The molecule has 0 unspecified atom stereocenters. The summed E-state index contributed by atoms with van der Waals surface area (Å²) in [5.41, 5.74) is 1.82. The Kier molecular flexibility index (Phi) is 6.69. The maximum atomic E-state index is 12.5. The molecule has 0 fully saturated rings. The van der Waals surface area contributed by atoms with Gasteiger partial charge in [-0.2, -0.15) is 0 Å². The van der Waals surface area contributed by atoms with E-state index in [0.29, 0.717) is 35.0 Å². The number of carbonyl (C=O) groups excluding carboxylic acids is 3. The molecule has 1 aliphatic heterocycles. The van der Waals surface area contributed by atoms with Crippen molar-refractivity contribution < 1.29 is 28.6 Å². The molecule has 2 amide bonds. The van der Waals surface area contributed by atoms with Gasteiger partial charge in [-0.1, -0.05) is 18.2 Å². The fourth-order valence-corrected chi connectivity index (χ4v) is 2.94. The smallest absolute Gasteiger partial charge is 0.331 e. The Morgan fingerprint density at radius 1 is 1.17 bits per heavy atom. The number of para-hydroxylation sites is 2. The van der Waals surface area contributed by atoms with Gasteiger partial charge in [0.15, 0.2) is 18.1 Å². The molecule has 8 nitrogen and oxygen atoms in total. The van der Waals surface area contributed by atoms with Crippen LogP contribution in [0, 0.1) is 0 Å². The molecule has 1 heterocycles. The second kappa shape index (κ2) is 9.60. The van der Waals surface area contributed by atoms with Gasteiger partial charge in [0, 0.05) is 6.08 Å². The molecule has 156 valence electrons. The van der Waals surface area contributed by atoms with Gasteiger partial charge in [0.05, 0.1) is 25.1 Å². The van der Waals surface area contributed by atoms with Crippen molar-refractivity contribution in [2.24, 2.45) is 0 Å². The van der Waals surface area contributed by atoms with Crippen LogP contribution in [0.1, 0.15) is 12.5 Å². The molecule has 0 radical (unpaired) electrons. The number of nitrogens with one attached hydrogen (secondary N) is 1. The Hall–Kier alpha value is -3.81. The standard InChI is InChI=1S/C22H22N2O6/c1-3-29-19-12-15(8-10-18(19)28-2)9-11-22(27)30-14-21(26)24-13-20(25)23-16-6-4-5-7-17(16)24/h4-12H,3,13-14H2,1-2H3,(H,23,25)/b11-9+. The van der Waals surface area contributed by atoms with Crippen LogP contribution >= 0.6 is 0 Å². The SMILES string of the molecule is CCOc1cc(/C=C/C(=O)OCC(=O)N2CC(=O)Nc3ccccc32)ccc1OC. The summed E-state index contributed by atoms with van der Waals surface area (Å²) in [5, 5.41) is 2.70. The lowest BCUT2D eigenvalue weighted by molar-refractivity contribution is -0.143. The summed E-state index contributed by atoms with van der Waals surface area (Å²) in [6, 6.07) is 12.2. The first-order valence-corrected chi connectivity index (χ1v) is 9.36. The van der Waals surface area contributed by atoms with Crippen LogP contribution in [0.2, 0.25) is 0 Å². The van der Waals surface area contributed by atoms with Gasteiger partial charge in [-0.3, -0.25) is 14.5 Å². The summed E-state index contributed by atoms with van der Waals surface area (Å²) in [6.07, 6.45) is 2.78. The van der Waals surface area contributed by atoms with E-state index in [1.807, 2.05) is 6.92 Å². The minimum Gasteiger partial charge on any atom is -0.493 e. The Morgan fingerprint density at radius 3 is 2.73 bits per heavy atom. The van der Waals surface area contributed by atoms with Crippen LogP contribution in [-0.2, 0) is 19.1 Å². The molecule has 2 aromatic rings. The Morgan fingerprint density at radius 2 is 1.97 bits per heavy atom. The number of anilines is 2. The number of benzene rings is 2. The molecular weight excluding hydrogens is 388 g/mol. The van der Waals surface area contributed by atoms with Gasteiger partial charge in [-0.15, -0.1) is 0 Å². The number of methoxy groups -OCH3 is 1. The van der Waals surface area contributed by atoms with Gasteiger partial charge in [0.1, 0.15) is 6.54 Å². The highest BCUT2D eigenvalue weighted by molar-refractivity contribution is 6.10. The molecule has 1 aliphatic rings. The van der Waals surface area contributed by atoms with Gasteiger partial charge in [0.25, 0.3) is 5.91 Å². The van der Waals surface area contributed by atoms with Crippen LogP contribution in [0.3, 0.4) is 0 Å². The summed E-state index contributed by atoms with van der Waals surface area (Å²) in [5.74, 6) is -0.312. The third kappa shape index (κ3) is 4.96. The summed E-state index contributed by atoms with van der Waals surface area (Å²) in [4.78, 5) is 37.6. The van der Waals surface area contributed by atoms with Crippen LogP contribution in [0.15, 0.2) is 48.5 Å². The highest BCUT2D eigenvalue weighted by atomic mass is 16.5. The van der Waals surface area contributed by atoms with E-state index in [0.717, 1.165) is 0 Å². The third-order valence-corrected chi connectivity index (χ3v) is 4.31. The van der Waals surface area contributed by atoms with Crippen LogP contribution < -0.4 is 19.7 Å². The predicted octanol–water partition coefficient (Wildman–Crippen LogP) is 2.64. The molecule has 0 bridgehead atoms. The lowest BCUT2D eigenvalue weighted by Gasteiger charge is -2.28. The molecule has 0 spiro atoms. The molecule has 30 heavy (non-hydrogen) atoms. The molecule has 0 saturated carbocycles. The summed E-state index contributed by atoms with van der Waals surface area (Å²) >= 11 is 0. The second-order valence-corrected chi connectivity index (χ2v) is 6.33. The monoisotopic (exact) mass is 410 g/mol. The number of hydrogen-bond donors (Lipinski definition) is 1. The van der Waals surface area contributed by atoms with Crippen molar-refractivity contribution in [1.29, 1.82) is 0 Å². The summed E-state index contributed by atoms with van der Waals surface area (Å²) in [6.45, 7) is 1.74. The maximum Gasteiger partial charge on any atom is 0.331 e. The van der Waals surface area contributed by atoms with E-state index < -0.39 is 18.5 Å². The first-order valence-electron chi connectivity index (χ1n) is 9.36. The number of carbonyl (C=O) groups is 3. The fourth-order valence-electron chi connectivity index (χ4n) is 2.94. The number of fused-ring (bicyclic) bond motifs is 1. The number of amides is 2. The van der Waals surface area contributed by atoms with Gasteiger partial charge in [0.2, 0.25) is 5.91 Å². The maximum absolute atomic E-state index is 12.5. The van der Waals surface area contributed by atoms with Crippen LogP contribution in [-0.4, -0.2) is 44.7 Å². The molecule has 2 aromatic carbocycles. The fraction of sp³-hybridized carbons (Fsp3) is 0.227. The summed E-state index contributed by atoms with van der Waals surface area (Å²) < 4.78 is 15.8. The second-order valence-electron chi connectivity index (χ2n) is 6.33. The average molecular weight is 410 g/mol. The van der Waals surface area contributed by atoms with Crippen LogP contribution in [0.25, 0.3) is 6.08 Å². The molecule has 8 heteroatoms. The van der Waals surface area contributed by atoms with Gasteiger partial charge in [-0.25, -0.2) is 4.79 Å². The third-order valence-electron chi connectivity index (χ3n) is 4.31. The van der Waals surface area contributed by atoms with E-state index in [1.165, 1.54) is 11.0 Å². The largest absolute Gasteiger partial charge is 0.493 e. The molecule has 0 aliphatic carbocycles. The minimum atomic E-state index is -0.674. The van der Waals surface area contributed by atoms with Gasteiger partial charge in [-0.05, 0) is 42.8 Å². The first kappa shape index (κ1) is 20.9. The molecule has 0 aromatic heterocycles. The Bertz CT molecular complexity index is 985. The molecule has 0 atom stereocenters. The van der Waals surface area contributed by atoms with Gasteiger partial charge < -0.3 is 19.5 Å². The number of ether oxygens (including phenoxy) is 3. The van der Waals surface area contributed by atoms with Crippen molar-refractivity contribution >= 4 is 35.2 Å². The van der Waals surface area contributed by atoms with Crippen LogP contribution in [0.4, 0.5) is 11.4 Å². The number of nitrogens with zero attached hydrogens (tertiary/aromatic N) is 1.